The van der Waals surface area contributed by atoms with Crippen LogP contribution in [0.2, 0.25) is 0 Å². The molecule has 0 aliphatic carbocycles. The Balaban J connectivity index is 2.10. The summed E-state index contributed by atoms with van der Waals surface area (Å²) >= 11 is 1.54. The zero-order chi connectivity index (χ0) is 9.80. The van der Waals surface area contributed by atoms with Crippen LogP contribution in [0.1, 0.15) is 5.56 Å². The summed E-state index contributed by atoms with van der Waals surface area (Å²) in [6, 6.07) is 3.84. The SMILES string of the molecule is NCc1ccc(Nc2nccs2)nc1. The smallest absolute Gasteiger partial charge is 0.188 e. The molecule has 3 N–H and O–H groups in total. The molecule has 4 nitrogen and oxygen atoms in total. The van der Waals surface area contributed by atoms with E-state index in [1.54, 1.807) is 23.7 Å². The monoisotopic (exact) mass is 206 g/mol. The van der Waals surface area contributed by atoms with Gasteiger partial charge in [0.25, 0.3) is 0 Å². The predicted molar refractivity (Wildman–Crippen MR) is 57.5 cm³/mol. The van der Waals surface area contributed by atoms with Crippen LogP contribution in [-0.4, -0.2) is 9.97 Å². The first-order valence-corrected chi connectivity index (χ1v) is 5.08. The van der Waals surface area contributed by atoms with E-state index >= 15 is 0 Å². The number of pyridine rings is 1. The molecule has 0 amide bonds. The Morgan fingerprint density at radius 3 is 2.86 bits per heavy atom. The fourth-order valence-electron chi connectivity index (χ4n) is 1.01. The van der Waals surface area contributed by atoms with Crippen molar-refractivity contribution >= 4 is 22.3 Å². The van der Waals surface area contributed by atoms with E-state index in [1.165, 1.54) is 0 Å². The van der Waals surface area contributed by atoms with Gasteiger partial charge in [-0.3, -0.25) is 0 Å². The maximum absolute atomic E-state index is 5.47. The van der Waals surface area contributed by atoms with Crippen LogP contribution in [0.5, 0.6) is 0 Å². The summed E-state index contributed by atoms with van der Waals surface area (Å²) in [7, 11) is 0. The highest BCUT2D eigenvalue weighted by molar-refractivity contribution is 7.13. The molecule has 0 bridgehead atoms. The number of aromatic nitrogens is 2. The van der Waals surface area contributed by atoms with Gasteiger partial charge in [0.05, 0.1) is 0 Å². The minimum Gasteiger partial charge on any atom is -0.326 e. The van der Waals surface area contributed by atoms with Crippen molar-refractivity contribution in [3.63, 3.8) is 0 Å². The predicted octanol–water partition coefficient (Wildman–Crippen LogP) is 1.74. The normalized spacial score (nSPS) is 10.1. The maximum Gasteiger partial charge on any atom is 0.188 e. The standard InChI is InChI=1S/C9H10N4S/c10-5-7-1-2-8(12-6-7)13-9-11-3-4-14-9/h1-4,6H,5,10H2,(H,11,12,13). The fourth-order valence-corrected chi connectivity index (χ4v) is 1.55. The number of rotatable bonds is 3. The Bertz CT molecular complexity index is 382. The summed E-state index contributed by atoms with van der Waals surface area (Å²) in [5.74, 6) is 0.789. The molecule has 0 unspecified atom stereocenters. The largest absolute Gasteiger partial charge is 0.326 e. The van der Waals surface area contributed by atoms with Crippen LogP contribution < -0.4 is 11.1 Å². The van der Waals surface area contributed by atoms with E-state index in [2.05, 4.69) is 15.3 Å². The van der Waals surface area contributed by atoms with Crippen molar-refractivity contribution < 1.29 is 0 Å². The van der Waals surface area contributed by atoms with Gasteiger partial charge in [0.15, 0.2) is 5.13 Å². The highest BCUT2D eigenvalue weighted by atomic mass is 32.1. The molecule has 2 aromatic rings. The summed E-state index contributed by atoms with van der Waals surface area (Å²) in [4.78, 5) is 8.30. The van der Waals surface area contributed by atoms with E-state index in [-0.39, 0.29) is 0 Å². The molecule has 5 heteroatoms. The first-order chi connectivity index (χ1) is 6.88. The molecule has 0 aliphatic rings. The van der Waals surface area contributed by atoms with Crippen molar-refractivity contribution in [3.05, 3.63) is 35.5 Å². The summed E-state index contributed by atoms with van der Waals surface area (Å²) in [5.41, 5.74) is 6.49. The molecule has 0 atom stereocenters. The van der Waals surface area contributed by atoms with E-state index < -0.39 is 0 Å². The number of nitrogens with zero attached hydrogens (tertiary/aromatic N) is 2. The number of hydrogen-bond donors (Lipinski definition) is 2. The van der Waals surface area contributed by atoms with Crippen LogP contribution in [-0.2, 0) is 6.54 Å². The molecule has 0 saturated heterocycles. The van der Waals surface area contributed by atoms with Crippen LogP contribution in [0.15, 0.2) is 29.9 Å². The summed E-state index contributed by atoms with van der Waals surface area (Å²) in [5, 5.41) is 5.85. The Hall–Kier alpha value is -1.46. The van der Waals surface area contributed by atoms with Gasteiger partial charge in [-0.15, -0.1) is 11.3 Å². The quantitative estimate of drug-likeness (QED) is 0.803. The van der Waals surface area contributed by atoms with Crippen molar-refractivity contribution in [1.29, 1.82) is 0 Å². The third kappa shape index (κ3) is 2.07. The lowest BCUT2D eigenvalue weighted by atomic mass is 10.3. The zero-order valence-corrected chi connectivity index (χ0v) is 8.29. The molecule has 0 aliphatic heterocycles. The van der Waals surface area contributed by atoms with Crippen molar-refractivity contribution in [2.75, 3.05) is 5.32 Å². The van der Waals surface area contributed by atoms with Crippen molar-refractivity contribution in [3.8, 4) is 0 Å². The topological polar surface area (TPSA) is 63.8 Å². The van der Waals surface area contributed by atoms with Gasteiger partial charge in [-0.25, -0.2) is 9.97 Å². The van der Waals surface area contributed by atoms with Gasteiger partial charge in [-0.1, -0.05) is 6.07 Å². The van der Waals surface area contributed by atoms with Crippen LogP contribution in [0.3, 0.4) is 0 Å². The molecular formula is C9H10N4S. The van der Waals surface area contributed by atoms with Crippen LogP contribution >= 0.6 is 11.3 Å². The van der Waals surface area contributed by atoms with E-state index in [0.717, 1.165) is 16.5 Å². The second kappa shape index (κ2) is 4.17. The van der Waals surface area contributed by atoms with Gasteiger partial charge in [-0.05, 0) is 11.6 Å². The van der Waals surface area contributed by atoms with E-state index in [0.29, 0.717) is 6.54 Å². The van der Waals surface area contributed by atoms with Gasteiger partial charge in [0.1, 0.15) is 5.82 Å². The Kier molecular flexibility index (Phi) is 2.71. The molecule has 14 heavy (non-hydrogen) atoms. The summed E-state index contributed by atoms with van der Waals surface area (Å²) in [6.45, 7) is 0.518. The maximum atomic E-state index is 5.47. The molecule has 0 radical (unpaired) electrons. The minimum absolute atomic E-state index is 0.518. The third-order valence-corrected chi connectivity index (χ3v) is 2.42. The molecule has 0 fully saturated rings. The molecule has 0 saturated carbocycles. The van der Waals surface area contributed by atoms with Gasteiger partial charge < -0.3 is 11.1 Å². The summed E-state index contributed by atoms with van der Waals surface area (Å²) in [6.07, 6.45) is 3.51. The molecule has 2 aromatic heterocycles. The molecule has 2 heterocycles. The number of thiazole rings is 1. The van der Waals surface area contributed by atoms with Gasteiger partial charge >= 0.3 is 0 Å². The third-order valence-electron chi connectivity index (χ3n) is 1.73. The molecule has 2 rings (SSSR count). The lowest BCUT2D eigenvalue weighted by Gasteiger charge is -2.01. The molecule has 0 spiro atoms. The highest BCUT2D eigenvalue weighted by Crippen LogP contribution is 2.16. The molecule has 0 aromatic carbocycles. The minimum atomic E-state index is 0.518. The first-order valence-electron chi connectivity index (χ1n) is 4.20. The average molecular weight is 206 g/mol. The number of nitrogens with one attached hydrogen (secondary N) is 1. The van der Waals surface area contributed by atoms with Crippen LogP contribution in [0.4, 0.5) is 10.9 Å². The Morgan fingerprint density at radius 2 is 2.29 bits per heavy atom. The Labute approximate surface area is 85.8 Å². The Morgan fingerprint density at radius 1 is 1.36 bits per heavy atom. The van der Waals surface area contributed by atoms with E-state index in [4.69, 9.17) is 5.73 Å². The summed E-state index contributed by atoms with van der Waals surface area (Å²) < 4.78 is 0. The number of hydrogen-bond acceptors (Lipinski definition) is 5. The van der Waals surface area contributed by atoms with Crippen LogP contribution in [0.25, 0.3) is 0 Å². The van der Waals surface area contributed by atoms with Crippen molar-refractivity contribution in [1.82, 2.24) is 9.97 Å². The van der Waals surface area contributed by atoms with Gasteiger partial charge in [0.2, 0.25) is 0 Å². The van der Waals surface area contributed by atoms with Gasteiger partial charge in [-0.2, -0.15) is 0 Å². The lowest BCUT2D eigenvalue weighted by Crippen LogP contribution is -1.98. The van der Waals surface area contributed by atoms with Crippen LogP contribution in [0, 0.1) is 0 Å². The number of nitrogens with two attached hydrogens (primary N) is 1. The first kappa shape index (κ1) is 9.11. The second-order valence-electron chi connectivity index (χ2n) is 2.72. The van der Waals surface area contributed by atoms with E-state index in [9.17, 15) is 0 Å². The lowest BCUT2D eigenvalue weighted by molar-refractivity contribution is 1.05. The zero-order valence-electron chi connectivity index (χ0n) is 7.47. The molecule has 72 valence electrons. The highest BCUT2D eigenvalue weighted by Gasteiger charge is 1.97. The average Bonchev–Trinajstić information content (AvgIpc) is 2.72. The number of anilines is 2. The van der Waals surface area contributed by atoms with Gasteiger partial charge in [0, 0.05) is 24.3 Å². The fraction of sp³-hybridized carbons (Fsp3) is 0.111. The molecular weight excluding hydrogens is 196 g/mol. The second-order valence-corrected chi connectivity index (χ2v) is 3.61. The van der Waals surface area contributed by atoms with Crippen molar-refractivity contribution in [2.24, 2.45) is 5.73 Å². The van der Waals surface area contributed by atoms with Crippen molar-refractivity contribution in [2.45, 2.75) is 6.54 Å². The van der Waals surface area contributed by atoms with E-state index in [1.807, 2.05) is 17.5 Å².